The third-order valence-corrected chi connectivity index (χ3v) is 9.79. The SMILES string of the molecule is CSN1Cc2cc(Nc3ccc(OC4CCN(C)CC4)cc3)ccc2-c2c(C)c(-c3ccc(C)cc3)c(CC(=O)O)c(C)c21. The Labute approximate surface area is 265 Å². The van der Waals surface area contributed by atoms with Crippen LogP contribution in [0.5, 0.6) is 5.75 Å². The first-order valence-corrected chi connectivity index (χ1v) is 16.5. The number of carbonyl (C=O) groups is 1. The van der Waals surface area contributed by atoms with Gasteiger partial charge in [-0.1, -0.05) is 47.8 Å². The van der Waals surface area contributed by atoms with Gasteiger partial charge in [0, 0.05) is 36.3 Å². The number of likely N-dealkylation sites (tertiary alicyclic amines) is 1. The first-order valence-electron chi connectivity index (χ1n) is 15.3. The highest BCUT2D eigenvalue weighted by Crippen LogP contribution is 2.50. The molecule has 0 aliphatic carbocycles. The summed E-state index contributed by atoms with van der Waals surface area (Å²) in [5.74, 6) is 0.102. The Balaban J connectivity index is 1.33. The van der Waals surface area contributed by atoms with Gasteiger partial charge in [-0.05, 0) is 116 Å². The van der Waals surface area contributed by atoms with E-state index >= 15 is 0 Å². The summed E-state index contributed by atoms with van der Waals surface area (Å²) in [7, 11) is 2.16. The van der Waals surface area contributed by atoms with E-state index < -0.39 is 5.97 Å². The molecule has 228 valence electrons. The summed E-state index contributed by atoms with van der Waals surface area (Å²) in [6.45, 7) is 9.20. The van der Waals surface area contributed by atoms with Crippen LogP contribution in [-0.2, 0) is 17.8 Å². The molecule has 1 saturated heterocycles. The van der Waals surface area contributed by atoms with E-state index in [-0.39, 0.29) is 12.5 Å². The Morgan fingerprint density at radius 3 is 2.27 bits per heavy atom. The van der Waals surface area contributed by atoms with Crippen LogP contribution in [0.15, 0.2) is 66.7 Å². The Hall–Kier alpha value is -3.94. The minimum atomic E-state index is -0.815. The van der Waals surface area contributed by atoms with E-state index in [1.54, 1.807) is 11.9 Å². The fourth-order valence-electron chi connectivity index (χ4n) is 6.69. The number of piperidine rings is 1. The van der Waals surface area contributed by atoms with Crippen LogP contribution in [0, 0.1) is 20.8 Å². The van der Waals surface area contributed by atoms with Gasteiger partial charge in [-0.2, -0.15) is 0 Å². The molecule has 0 radical (unpaired) electrons. The van der Waals surface area contributed by atoms with Crippen LogP contribution in [0.1, 0.15) is 40.7 Å². The monoisotopic (exact) mass is 607 g/mol. The number of aliphatic carboxylic acids is 1. The van der Waals surface area contributed by atoms with Gasteiger partial charge in [0.15, 0.2) is 0 Å². The first-order chi connectivity index (χ1) is 21.2. The zero-order chi connectivity index (χ0) is 31.0. The smallest absolute Gasteiger partial charge is 0.307 e. The van der Waals surface area contributed by atoms with Gasteiger partial charge in [-0.3, -0.25) is 4.79 Å². The summed E-state index contributed by atoms with van der Waals surface area (Å²) < 4.78 is 8.55. The lowest BCUT2D eigenvalue weighted by Crippen LogP contribution is -2.35. The van der Waals surface area contributed by atoms with Crippen molar-refractivity contribution < 1.29 is 14.6 Å². The van der Waals surface area contributed by atoms with Crippen LogP contribution in [0.3, 0.4) is 0 Å². The van der Waals surface area contributed by atoms with Gasteiger partial charge >= 0.3 is 5.97 Å². The van der Waals surface area contributed by atoms with E-state index in [0.717, 1.165) is 83.1 Å². The average Bonchev–Trinajstić information content (AvgIpc) is 3.01. The second-order valence-corrected chi connectivity index (χ2v) is 12.9. The molecule has 2 aliphatic rings. The van der Waals surface area contributed by atoms with E-state index in [0.29, 0.717) is 0 Å². The number of benzene rings is 4. The summed E-state index contributed by atoms with van der Waals surface area (Å²) in [6, 6.07) is 23.3. The van der Waals surface area contributed by atoms with Crippen molar-refractivity contribution in [2.45, 2.75) is 52.7 Å². The molecule has 2 aliphatic heterocycles. The van der Waals surface area contributed by atoms with Crippen LogP contribution in [-0.4, -0.2) is 48.5 Å². The summed E-state index contributed by atoms with van der Waals surface area (Å²) >= 11 is 1.68. The molecule has 0 saturated carbocycles. The minimum Gasteiger partial charge on any atom is -0.490 e. The maximum Gasteiger partial charge on any atom is 0.307 e. The van der Waals surface area contributed by atoms with Crippen LogP contribution in [0.25, 0.3) is 22.3 Å². The number of nitrogens with zero attached hydrogens (tertiary/aromatic N) is 2. The molecular formula is C37H41N3O3S. The van der Waals surface area contributed by atoms with Crippen molar-refractivity contribution in [2.24, 2.45) is 0 Å². The van der Waals surface area contributed by atoms with Crippen molar-refractivity contribution >= 4 is 35.0 Å². The molecule has 6 rings (SSSR count). The van der Waals surface area contributed by atoms with Crippen molar-refractivity contribution in [1.82, 2.24) is 4.90 Å². The number of nitrogens with one attached hydrogen (secondary N) is 1. The number of carboxylic acid groups (broad SMARTS) is 1. The molecule has 44 heavy (non-hydrogen) atoms. The molecule has 0 aromatic heterocycles. The van der Waals surface area contributed by atoms with Gasteiger partial charge < -0.3 is 24.4 Å². The van der Waals surface area contributed by atoms with Gasteiger partial charge in [0.25, 0.3) is 0 Å². The molecule has 2 N–H and O–H groups in total. The third-order valence-electron chi connectivity index (χ3n) is 9.03. The number of fused-ring (bicyclic) bond motifs is 3. The van der Waals surface area contributed by atoms with E-state index in [4.69, 9.17) is 4.74 Å². The fraction of sp³-hybridized carbons (Fsp3) is 0.324. The van der Waals surface area contributed by atoms with E-state index in [1.807, 2.05) is 0 Å². The molecule has 7 heteroatoms. The predicted octanol–water partition coefficient (Wildman–Crippen LogP) is 8.39. The number of carboxylic acids is 1. The van der Waals surface area contributed by atoms with Gasteiger partial charge in [0.05, 0.1) is 18.7 Å². The maximum atomic E-state index is 12.1. The topological polar surface area (TPSA) is 65.0 Å². The highest BCUT2D eigenvalue weighted by Gasteiger charge is 2.30. The molecule has 2 heterocycles. The molecule has 0 bridgehead atoms. The molecule has 0 spiro atoms. The molecule has 0 atom stereocenters. The van der Waals surface area contributed by atoms with Crippen LogP contribution >= 0.6 is 11.9 Å². The Bertz CT molecular complexity index is 1680. The predicted molar refractivity (Wildman–Crippen MR) is 183 cm³/mol. The number of ether oxygens (including phenoxy) is 1. The zero-order valence-corrected chi connectivity index (χ0v) is 27.1. The lowest BCUT2D eigenvalue weighted by atomic mass is 9.81. The molecule has 6 nitrogen and oxygen atoms in total. The van der Waals surface area contributed by atoms with Crippen molar-refractivity contribution in [2.75, 3.05) is 36.0 Å². The average molecular weight is 608 g/mol. The first kappa shape index (κ1) is 30.1. The normalized spacial score (nSPS) is 15.1. The Kier molecular flexibility index (Phi) is 8.61. The van der Waals surface area contributed by atoms with Gasteiger partial charge in [0.1, 0.15) is 11.9 Å². The molecule has 4 aromatic carbocycles. The molecule has 0 unspecified atom stereocenters. The second-order valence-electron chi connectivity index (χ2n) is 12.1. The van der Waals surface area contributed by atoms with Crippen molar-refractivity contribution in [1.29, 1.82) is 0 Å². The number of hydrogen-bond donors (Lipinski definition) is 2. The van der Waals surface area contributed by atoms with E-state index in [2.05, 4.69) is 115 Å². The fourth-order valence-corrected chi connectivity index (χ4v) is 7.36. The van der Waals surface area contributed by atoms with E-state index in [9.17, 15) is 9.90 Å². The zero-order valence-electron chi connectivity index (χ0n) is 26.2. The van der Waals surface area contributed by atoms with Gasteiger partial charge in [-0.15, -0.1) is 0 Å². The lowest BCUT2D eigenvalue weighted by Gasteiger charge is -2.36. The lowest BCUT2D eigenvalue weighted by molar-refractivity contribution is -0.136. The minimum absolute atomic E-state index is 0.0110. The highest BCUT2D eigenvalue weighted by molar-refractivity contribution is 7.99. The summed E-state index contributed by atoms with van der Waals surface area (Å²) in [5.41, 5.74) is 13.1. The molecule has 4 aromatic rings. The van der Waals surface area contributed by atoms with Crippen LogP contribution in [0.2, 0.25) is 0 Å². The second kappa shape index (κ2) is 12.6. The quantitative estimate of drug-likeness (QED) is 0.195. The number of hydrogen-bond acceptors (Lipinski definition) is 6. The third kappa shape index (κ3) is 6.04. The standard InChI is InChI=1S/C37H41N3O3S/c1-23-6-8-26(9-7-23)35-25(3)36-32-15-12-29(20-27(32)22-40(44-5)37(36)24(2)33(35)21-34(41)42)38-28-10-13-30(14-11-28)43-31-16-18-39(4)19-17-31/h6-15,20,31,38H,16-19,21-22H2,1-5H3,(H,41,42). The Morgan fingerprint density at radius 2 is 1.61 bits per heavy atom. The van der Waals surface area contributed by atoms with Crippen molar-refractivity contribution in [3.63, 3.8) is 0 Å². The number of anilines is 3. The van der Waals surface area contributed by atoms with Crippen LogP contribution < -0.4 is 14.4 Å². The van der Waals surface area contributed by atoms with Crippen molar-refractivity contribution in [3.05, 3.63) is 94.5 Å². The highest BCUT2D eigenvalue weighted by atomic mass is 32.2. The maximum absolute atomic E-state index is 12.1. The summed E-state index contributed by atoms with van der Waals surface area (Å²) in [4.78, 5) is 14.4. The molecule has 1 fully saturated rings. The summed E-state index contributed by atoms with van der Waals surface area (Å²) in [6.07, 6.45) is 4.49. The van der Waals surface area contributed by atoms with Gasteiger partial charge in [0.2, 0.25) is 0 Å². The van der Waals surface area contributed by atoms with E-state index in [1.165, 1.54) is 22.3 Å². The Morgan fingerprint density at radius 1 is 0.932 bits per heavy atom. The van der Waals surface area contributed by atoms with Crippen LogP contribution in [0.4, 0.5) is 17.1 Å². The molecular weight excluding hydrogens is 566 g/mol. The van der Waals surface area contributed by atoms with Crippen molar-refractivity contribution in [3.8, 4) is 28.0 Å². The largest absolute Gasteiger partial charge is 0.490 e. The summed E-state index contributed by atoms with van der Waals surface area (Å²) in [5, 5.41) is 13.5. The van der Waals surface area contributed by atoms with Gasteiger partial charge in [-0.25, -0.2) is 0 Å². The number of aryl methyl sites for hydroxylation is 1. The molecule has 0 amide bonds. The number of rotatable bonds is 8.